The molecular formula is C10H16N2O5. The summed E-state index contributed by atoms with van der Waals surface area (Å²) in [4.78, 5) is 34.0. The van der Waals surface area contributed by atoms with Crippen molar-refractivity contribution in [3.05, 3.63) is 0 Å². The van der Waals surface area contributed by atoms with Gasteiger partial charge in [-0.15, -0.1) is 0 Å². The summed E-state index contributed by atoms with van der Waals surface area (Å²) in [6.07, 6.45) is 1.51. The zero-order valence-corrected chi connectivity index (χ0v) is 9.39. The van der Waals surface area contributed by atoms with E-state index in [1.54, 1.807) is 0 Å². The van der Waals surface area contributed by atoms with E-state index in [-0.39, 0.29) is 5.92 Å². The van der Waals surface area contributed by atoms with Gasteiger partial charge in [-0.3, -0.25) is 14.4 Å². The number of nitrogens with zero attached hydrogens (tertiary/aromatic N) is 1. The summed E-state index contributed by atoms with van der Waals surface area (Å²) in [7, 11) is 0. The van der Waals surface area contributed by atoms with Gasteiger partial charge in [0, 0.05) is 6.54 Å². The monoisotopic (exact) mass is 244 g/mol. The Morgan fingerprint density at radius 1 is 1.18 bits per heavy atom. The zero-order chi connectivity index (χ0) is 12.8. The number of piperidine rings is 1. The van der Waals surface area contributed by atoms with Crippen LogP contribution in [-0.2, 0) is 14.4 Å². The van der Waals surface area contributed by atoms with Gasteiger partial charge in [0.15, 0.2) is 0 Å². The zero-order valence-electron chi connectivity index (χ0n) is 9.39. The fourth-order valence-corrected chi connectivity index (χ4v) is 1.86. The average molecular weight is 244 g/mol. The predicted octanol–water partition coefficient (Wildman–Crippen LogP) is -1.02. The second-order valence-corrected chi connectivity index (χ2v) is 4.03. The van der Waals surface area contributed by atoms with Gasteiger partial charge in [-0.2, -0.15) is 0 Å². The number of aliphatic carboxylic acids is 2. The normalized spacial score (nSPS) is 19.6. The van der Waals surface area contributed by atoms with Gasteiger partial charge in [0.2, 0.25) is 5.91 Å². The molecule has 3 N–H and O–H groups in total. The van der Waals surface area contributed by atoms with Crippen LogP contribution in [0.1, 0.15) is 12.8 Å². The van der Waals surface area contributed by atoms with Crippen LogP contribution >= 0.6 is 0 Å². The standard InChI is InChI=1S/C10H16N2O5/c13-8(14)5-12(6-9(15)16)10(17)7-2-1-3-11-4-7/h7,11H,1-6H2,(H,13,14)(H,15,16). The summed E-state index contributed by atoms with van der Waals surface area (Å²) in [6.45, 7) is 0.180. The molecule has 1 aliphatic rings. The van der Waals surface area contributed by atoms with Crippen LogP contribution in [-0.4, -0.2) is 59.1 Å². The molecule has 0 aromatic carbocycles. The number of carboxylic acids is 2. The first-order valence-corrected chi connectivity index (χ1v) is 5.44. The SMILES string of the molecule is O=C(O)CN(CC(=O)O)C(=O)C1CCCNC1. The molecule has 1 unspecified atom stereocenters. The van der Waals surface area contributed by atoms with Crippen LogP contribution in [0.2, 0.25) is 0 Å². The van der Waals surface area contributed by atoms with E-state index in [1.165, 1.54) is 0 Å². The Balaban J connectivity index is 2.63. The van der Waals surface area contributed by atoms with Crippen molar-refractivity contribution in [3.8, 4) is 0 Å². The Morgan fingerprint density at radius 3 is 2.18 bits per heavy atom. The molecule has 0 radical (unpaired) electrons. The van der Waals surface area contributed by atoms with Crippen molar-refractivity contribution in [2.45, 2.75) is 12.8 Å². The number of nitrogens with one attached hydrogen (secondary N) is 1. The lowest BCUT2D eigenvalue weighted by Crippen LogP contribution is -2.46. The second kappa shape index (κ2) is 6.19. The van der Waals surface area contributed by atoms with Crippen molar-refractivity contribution < 1.29 is 24.6 Å². The summed E-state index contributed by atoms with van der Waals surface area (Å²) in [5, 5.41) is 20.3. The van der Waals surface area contributed by atoms with Gasteiger partial charge in [0.05, 0.1) is 5.92 Å². The molecule has 0 bridgehead atoms. The molecule has 1 aliphatic heterocycles. The van der Waals surface area contributed by atoms with Crippen LogP contribution in [0.4, 0.5) is 0 Å². The van der Waals surface area contributed by atoms with Gasteiger partial charge >= 0.3 is 11.9 Å². The van der Waals surface area contributed by atoms with Crippen molar-refractivity contribution in [3.63, 3.8) is 0 Å². The maximum absolute atomic E-state index is 11.9. The van der Waals surface area contributed by atoms with E-state index in [4.69, 9.17) is 10.2 Å². The molecule has 0 aliphatic carbocycles. The molecule has 17 heavy (non-hydrogen) atoms. The Bertz CT molecular complexity index is 296. The fourth-order valence-electron chi connectivity index (χ4n) is 1.86. The molecule has 96 valence electrons. The minimum absolute atomic E-state index is 0.317. The van der Waals surface area contributed by atoms with Crippen LogP contribution in [0.5, 0.6) is 0 Å². The fraction of sp³-hybridized carbons (Fsp3) is 0.700. The first-order valence-electron chi connectivity index (χ1n) is 5.44. The summed E-state index contributed by atoms with van der Waals surface area (Å²) in [5.41, 5.74) is 0. The second-order valence-electron chi connectivity index (χ2n) is 4.03. The van der Waals surface area contributed by atoms with Gasteiger partial charge in [-0.05, 0) is 19.4 Å². The minimum atomic E-state index is -1.21. The van der Waals surface area contributed by atoms with Gasteiger partial charge in [0.1, 0.15) is 13.1 Å². The Kier molecular flexibility index (Phi) is 4.89. The highest BCUT2D eigenvalue weighted by atomic mass is 16.4. The third-order valence-corrected chi connectivity index (χ3v) is 2.61. The lowest BCUT2D eigenvalue weighted by molar-refractivity contribution is -0.151. The van der Waals surface area contributed by atoms with E-state index >= 15 is 0 Å². The first kappa shape index (κ1) is 13.4. The molecule has 1 amide bonds. The molecule has 0 spiro atoms. The van der Waals surface area contributed by atoms with Crippen LogP contribution in [0.3, 0.4) is 0 Å². The van der Waals surface area contributed by atoms with E-state index in [9.17, 15) is 14.4 Å². The Labute approximate surface area is 98.4 Å². The van der Waals surface area contributed by atoms with Gasteiger partial charge in [-0.25, -0.2) is 0 Å². The van der Waals surface area contributed by atoms with Gasteiger partial charge in [0.25, 0.3) is 0 Å². The molecule has 1 atom stereocenters. The third kappa shape index (κ3) is 4.39. The number of hydrogen-bond acceptors (Lipinski definition) is 4. The van der Waals surface area contributed by atoms with E-state index in [0.29, 0.717) is 13.0 Å². The van der Waals surface area contributed by atoms with Crippen LogP contribution in [0, 0.1) is 5.92 Å². The van der Waals surface area contributed by atoms with Crippen molar-refractivity contribution >= 4 is 17.8 Å². The van der Waals surface area contributed by atoms with E-state index in [1.807, 2.05) is 0 Å². The highest BCUT2D eigenvalue weighted by molar-refractivity contribution is 5.86. The summed E-state index contributed by atoms with van der Waals surface area (Å²) in [6, 6.07) is 0. The van der Waals surface area contributed by atoms with Crippen LogP contribution in [0.15, 0.2) is 0 Å². The maximum Gasteiger partial charge on any atom is 0.323 e. The molecule has 1 fully saturated rings. The molecule has 7 nitrogen and oxygen atoms in total. The third-order valence-electron chi connectivity index (χ3n) is 2.61. The first-order chi connectivity index (χ1) is 8.00. The number of amides is 1. The Morgan fingerprint density at radius 2 is 1.76 bits per heavy atom. The topological polar surface area (TPSA) is 107 Å². The molecular weight excluding hydrogens is 228 g/mol. The Hall–Kier alpha value is -1.63. The lowest BCUT2D eigenvalue weighted by Gasteiger charge is -2.27. The molecule has 1 rings (SSSR count). The average Bonchev–Trinajstić information content (AvgIpc) is 2.27. The quantitative estimate of drug-likeness (QED) is 0.571. The van der Waals surface area contributed by atoms with Crippen LogP contribution < -0.4 is 5.32 Å². The smallest absolute Gasteiger partial charge is 0.323 e. The van der Waals surface area contributed by atoms with Crippen molar-refractivity contribution in [1.29, 1.82) is 0 Å². The van der Waals surface area contributed by atoms with Crippen molar-refractivity contribution in [2.24, 2.45) is 5.92 Å². The summed E-state index contributed by atoms with van der Waals surface area (Å²) < 4.78 is 0. The molecule has 1 heterocycles. The summed E-state index contributed by atoms with van der Waals surface area (Å²) in [5.74, 6) is -3.13. The number of carboxylic acid groups (broad SMARTS) is 2. The van der Waals surface area contributed by atoms with Crippen molar-refractivity contribution in [2.75, 3.05) is 26.2 Å². The van der Waals surface area contributed by atoms with Gasteiger partial charge in [-0.1, -0.05) is 0 Å². The molecule has 0 saturated carbocycles. The van der Waals surface area contributed by atoms with E-state index in [0.717, 1.165) is 17.9 Å². The number of hydrogen-bond donors (Lipinski definition) is 3. The molecule has 1 saturated heterocycles. The molecule has 7 heteroatoms. The highest BCUT2D eigenvalue weighted by Crippen LogP contribution is 2.13. The number of rotatable bonds is 5. The highest BCUT2D eigenvalue weighted by Gasteiger charge is 2.28. The number of carbonyl (C=O) groups is 3. The predicted molar refractivity (Wildman–Crippen MR) is 57.4 cm³/mol. The summed E-state index contributed by atoms with van der Waals surface area (Å²) >= 11 is 0. The minimum Gasteiger partial charge on any atom is -0.480 e. The molecule has 0 aromatic rings. The largest absolute Gasteiger partial charge is 0.480 e. The van der Waals surface area contributed by atoms with Gasteiger partial charge < -0.3 is 20.4 Å². The lowest BCUT2D eigenvalue weighted by atomic mass is 9.98. The van der Waals surface area contributed by atoms with Crippen LogP contribution in [0.25, 0.3) is 0 Å². The van der Waals surface area contributed by atoms with E-state index < -0.39 is 30.9 Å². The maximum atomic E-state index is 11.9. The number of carbonyl (C=O) groups excluding carboxylic acids is 1. The van der Waals surface area contributed by atoms with Crippen molar-refractivity contribution in [1.82, 2.24) is 10.2 Å². The van der Waals surface area contributed by atoms with E-state index in [2.05, 4.69) is 5.32 Å². The molecule has 0 aromatic heterocycles.